The molecular formula is C15H22BrFN2O. The van der Waals surface area contributed by atoms with E-state index in [0.717, 1.165) is 51.1 Å². The first kappa shape index (κ1) is 15.9. The molecule has 0 bridgehead atoms. The monoisotopic (exact) mass is 344 g/mol. The fourth-order valence-corrected chi connectivity index (χ4v) is 2.89. The highest BCUT2D eigenvalue weighted by Gasteiger charge is 2.19. The van der Waals surface area contributed by atoms with Crippen LogP contribution in [-0.2, 0) is 11.3 Å². The minimum absolute atomic E-state index is 0.208. The predicted molar refractivity (Wildman–Crippen MR) is 82.0 cm³/mol. The van der Waals surface area contributed by atoms with Crippen LogP contribution in [0.3, 0.4) is 0 Å². The SMILES string of the molecule is NCCCOC1CCN(Cc2ccc(F)c(Br)c2)CC1. The summed E-state index contributed by atoms with van der Waals surface area (Å²) in [5.41, 5.74) is 6.60. The number of piperidine rings is 1. The fraction of sp³-hybridized carbons (Fsp3) is 0.600. The zero-order valence-corrected chi connectivity index (χ0v) is 13.2. The molecular weight excluding hydrogens is 323 g/mol. The van der Waals surface area contributed by atoms with E-state index in [9.17, 15) is 4.39 Å². The molecule has 20 heavy (non-hydrogen) atoms. The number of rotatable bonds is 6. The van der Waals surface area contributed by atoms with Crippen molar-refractivity contribution in [1.82, 2.24) is 4.90 Å². The van der Waals surface area contributed by atoms with Crippen molar-refractivity contribution in [3.8, 4) is 0 Å². The Labute approximate surface area is 128 Å². The molecule has 112 valence electrons. The van der Waals surface area contributed by atoms with Gasteiger partial charge in [0.15, 0.2) is 0 Å². The van der Waals surface area contributed by atoms with Crippen molar-refractivity contribution in [2.45, 2.75) is 31.9 Å². The number of halogens is 2. The number of hydrogen-bond acceptors (Lipinski definition) is 3. The number of nitrogens with zero attached hydrogens (tertiary/aromatic N) is 1. The Morgan fingerprint density at radius 2 is 2.10 bits per heavy atom. The summed E-state index contributed by atoms with van der Waals surface area (Å²) in [5, 5.41) is 0. The molecule has 1 aliphatic heterocycles. The third kappa shape index (κ3) is 4.81. The van der Waals surface area contributed by atoms with Crippen molar-refractivity contribution < 1.29 is 9.13 Å². The van der Waals surface area contributed by atoms with E-state index in [2.05, 4.69) is 20.8 Å². The lowest BCUT2D eigenvalue weighted by Gasteiger charge is -2.32. The van der Waals surface area contributed by atoms with Crippen molar-refractivity contribution in [1.29, 1.82) is 0 Å². The molecule has 1 aromatic rings. The molecule has 0 saturated carbocycles. The zero-order chi connectivity index (χ0) is 14.4. The van der Waals surface area contributed by atoms with Gasteiger partial charge in [-0.15, -0.1) is 0 Å². The third-order valence-electron chi connectivity index (χ3n) is 3.63. The molecule has 0 atom stereocenters. The molecule has 1 aliphatic rings. The van der Waals surface area contributed by atoms with Gasteiger partial charge in [-0.1, -0.05) is 6.07 Å². The first-order chi connectivity index (χ1) is 9.69. The quantitative estimate of drug-likeness (QED) is 0.806. The van der Waals surface area contributed by atoms with Crippen LogP contribution >= 0.6 is 15.9 Å². The number of likely N-dealkylation sites (tertiary alicyclic amines) is 1. The molecule has 2 N–H and O–H groups in total. The Hall–Kier alpha value is -0.490. The number of ether oxygens (including phenoxy) is 1. The summed E-state index contributed by atoms with van der Waals surface area (Å²) in [6.45, 7) is 4.39. The van der Waals surface area contributed by atoms with E-state index in [0.29, 0.717) is 17.1 Å². The van der Waals surface area contributed by atoms with Gasteiger partial charge in [0.25, 0.3) is 0 Å². The van der Waals surface area contributed by atoms with Gasteiger partial charge < -0.3 is 10.5 Å². The van der Waals surface area contributed by atoms with Gasteiger partial charge in [0.05, 0.1) is 10.6 Å². The van der Waals surface area contributed by atoms with Crippen LogP contribution < -0.4 is 5.73 Å². The topological polar surface area (TPSA) is 38.5 Å². The van der Waals surface area contributed by atoms with Crippen LogP contribution in [0.5, 0.6) is 0 Å². The van der Waals surface area contributed by atoms with Gasteiger partial charge >= 0.3 is 0 Å². The molecule has 1 fully saturated rings. The maximum absolute atomic E-state index is 13.2. The summed E-state index contributed by atoms with van der Waals surface area (Å²) in [6, 6.07) is 5.23. The van der Waals surface area contributed by atoms with E-state index in [1.54, 1.807) is 0 Å². The second-order valence-electron chi connectivity index (χ2n) is 5.24. The van der Waals surface area contributed by atoms with E-state index in [4.69, 9.17) is 10.5 Å². The van der Waals surface area contributed by atoms with Gasteiger partial charge in [0.1, 0.15) is 5.82 Å². The van der Waals surface area contributed by atoms with E-state index >= 15 is 0 Å². The normalized spacial score (nSPS) is 17.6. The van der Waals surface area contributed by atoms with Gasteiger partial charge in [-0.2, -0.15) is 0 Å². The number of nitrogens with two attached hydrogens (primary N) is 1. The minimum atomic E-state index is -0.208. The Balaban J connectivity index is 1.75. The van der Waals surface area contributed by atoms with E-state index < -0.39 is 0 Å². The lowest BCUT2D eigenvalue weighted by molar-refractivity contribution is 0.00563. The first-order valence-electron chi connectivity index (χ1n) is 7.17. The molecule has 1 heterocycles. The summed E-state index contributed by atoms with van der Waals surface area (Å²) in [7, 11) is 0. The summed E-state index contributed by atoms with van der Waals surface area (Å²) in [6.07, 6.45) is 3.43. The lowest BCUT2D eigenvalue weighted by atomic mass is 10.1. The van der Waals surface area contributed by atoms with Crippen LogP contribution in [0.25, 0.3) is 0 Å². The van der Waals surface area contributed by atoms with Crippen LogP contribution in [0.1, 0.15) is 24.8 Å². The average molecular weight is 345 g/mol. The first-order valence-corrected chi connectivity index (χ1v) is 7.96. The largest absolute Gasteiger partial charge is 0.378 e. The standard InChI is InChI=1S/C15H22BrFN2O/c16-14-10-12(2-3-15(14)17)11-19-7-4-13(5-8-19)20-9-1-6-18/h2-3,10,13H,1,4-9,11,18H2. The molecule has 1 aromatic carbocycles. The van der Waals surface area contributed by atoms with Crippen molar-refractivity contribution in [2.75, 3.05) is 26.2 Å². The molecule has 5 heteroatoms. The molecule has 0 radical (unpaired) electrons. The molecule has 0 spiro atoms. The molecule has 0 unspecified atom stereocenters. The average Bonchev–Trinajstić information content (AvgIpc) is 2.45. The maximum Gasteiger partial charge on any atom is 0.137 e. The second kappa shape index (κ2) is 8.08. The second-order valence-corrected chi connectivity index (χ2v) is 6.09. The molecule has 1 saturated heterocycles. The Bertz CT molecular complexity index is 422. The highest BCUT2D eigenvalue weighted by atomic mass is 79.9. The molecule has 3 nitrogen and oxygen atoms in total. The van der Waals surface area contributed by atoms with Gasteiger partial charge in [-0.25, -0.2) is 4.39 Å². The van der Waals surface area contributed by atoms with E-state index in [1.165, 1.54) is 6.07 Å². The molecule has 0 aromatic heterocycles. The van der Waals surface area contributed by atoms with Gasteiger partial charge in [0.2, 0.25) is 0 Å². The lowest BCUT2D eigenvalue weighted by Crippen LogP contribution is -2.36. The molecule has 2 rings (SSSR count). The van der Waals surface area contributed by atoms with Crippen molar-refractivity contribution in [2.24, 2.45) is 5.73 Å². The van der Waals surface area contributed by atoms with Crippen LogP contribution in [0.4, 0.5) is 4.39 Å². The molecule has 0 amide bonds. The summed E-state index contributed by atoms with van der Waals surface area (Å²) >= 11 is 3.23. The molecule has 0 aliphatic carbocycles. The van der Waals surface area contributed by atoms with Crippen molar-refractivity contribution >= 4 is 15.9 Å². The van der Waals surface area contributed by atoms with E-state index in [-0.39, 0.29) is 5.82 Å². The third-order valence-corrected chi connectivity index (χ3v) is 4.23. The van der Waals surface area contributed by atoms with Crippen molar-refractivity contribution in [3.05, 3.63) is 34.1 Å². The minimum Gasteiger partial charge on any atom is -0.378 e. The summed E-state index contributed by atoms with van der Waals surface area (Å²) in [5.74, 6) is -0.208. The van der Waals surface area contributed by atoms with Crippen molar-refractivity contribution in [3.63, 3.8) is 0 Å². The Kier molecular flexibility index (Phi) is 6.42. The fourth-order valence-electron chi connectivity index (χ4n) is 2.46. The van der Waals surface area contributed by atoms with Gasteiger partial charge in [-0.3, -0.25) is 4.90 Å². The summed E-state index contributed by atoms with van der Waals surface area (Å²) in [4.78, 5) is 2.39. The van der Waals surface area contributed by atoms with Crippen LogP contribution in [-0.4, -0.2) is 37.2 Å². The maximum atomic E-state index is 13.2. The number of benzene rings is 1. The van der Waals surface area contributed by atoms with Crippen LogP contribution in [0, 0.1) is 5.82 Å². The highest BCUT2D eigenvalue weighted by Crippen LogP contribution is 2.20. The Morgan fingerprint density at radius 1 is 1.35 bits per heavy atom. The highest BCUT2D eigenvalue weighted by molar-refractivity contribution is 9.10. The number of hydrogen-bond donors (Lipinski definition) is 1. The van der Waals surface area contributed by atoms with Crippen LogP contribution in [0.2, 0.25) is 0 Å². The van der Waals surface area contributed by atoms with E-state index in [1.807, 2.05) is 12.1 Å². The zero-order valence-electron chi connectivity index (χ0n) is 11.7. The van der Waals surface area contributed by atoms with Crippen LogP contribution in [0.15, 0.2) is 22.7 Å². The smallest absolute Gasteiger partial charge is 0.137 e. The Morgan fingerprint density at radius 3 is 2.75 bits per heavy atom. The van der Waals surface area contributed by atoms with Gasteiger partial charge in [0, 0.05) is 26.2 Å². The van der Waals surface area contributed by atoms with Gasteiger partial charge in [-0.05, 0) is 59.4 Å². The summed E-state index contributed by atoms with van der Waals surface area (Å²) < 4.78 is 19.5. The predicted octanol–water partition coefficient (Wildman–Crippen LogP) is 2.92.